The number of hydrogen-bond acceptors (Lipinski definition) is 5. The van der Waals surface area contributed by atoms with Gasteiger partial charge in [-0.1, -0.05) is 11.6 Å². The summed E-state index contributed by atoms with van der Waals surface area (Å²) in [7, 11) is 0. The van der Waals surface area contributed by atoms with Gasteiger partial charge in [0.05, 0.1) is 5.02 Å². The fourth-order valence-electron chi connectivity index (χ4n) is 4.17. The van der Waals surface area contributed by atoms with Crippen LogP contribution in [0.2, 0.25) is 5.02 Å². The SMILES string of the molecule is FC(F)(F)c1c(Cl)cc(-n2cccn2)c2oc(N3CC4CCC3CNC4)nc12. The molecule has 6 rings (SSSR count). The number of fused-ring (bicyclic) bond motifs is 5. The zero-order valence-corrected chi connectivity index (χ0v) is 15.5. The quantitative estimate of drug-likeness (QED) is 0.693. The minimum atomic E-state index is -4.65. The highest BCUT2D eigenvalue weighted by atomic mass is 35.5. The van der Waals surface area contributed by atoms with Crippen LogP contribution in [-0.4, -0.2) is 40.4 Å². The van der Waals surface area contributed by atoms with E-state index in [1.54, 1.807) is 12.3 Å². The van der Waals surface area contributed by atoms with Crippen LogP contribution in [0.25, 0.3) is 16.8 Å². The van der Waals surface area contributed by atoms with Gasteiger partial charge in [0.2, 0.25) is 0 Å². The van der Waals surface area contributed by atoms with Crippen LogP contribution in [0.1, 0.15) is 18.4 Å². The van der Waals surface area contributed by atoms with E-state index in [1.807, 2.05) is 4.90 Å². The summed E-state index contributed by atoms with van der Waals surface area (Å²) in [5, 5.41) is 7.08. The van der Waals surface area contributed by atoms with Crippen molar-refractivity contribution in [2.45, 2.75) is 25.1 Å². The van der Waals surface area contributed by atoms with Gasteiger partial charge in [0, 0.05) is 31.5 Å². The fourth-order valence-corrected chi connectivity index (χ4v) is 4.47. The highest BCUT2D eigenvalue weighted by Crippen LogP contribution is 2.43. The molecule has 3 fully saturated rings. The lowest BCUT2D eigenvalue weighted by Crippen LogP contribution is -2.43. The monoisotopic (exact) mass is 411 g/mol. The molecule has 28 heavy (non-hydrogen) atoms. The van der Waals surface area contributed by atoms with Crippen molar-refractivity contribution in [3.63, 3.8) is 0 Å². The fraction of sp³-hybridized carbons (Fsp3) is 0.444. The summed E-state index contributed by atoms with van der Waals surface area (Å²) in [6.07, 6.45) is 0.555. The summed E-state index contributed by atoms with van der Waals surface area (Å²) in [5.41, 5.74) is -0.903. The van der Waals surface area contributed by atoms with Crippen molar-refractivity contribution in [2.24, 2.45) is 5.92 Å². The number of oxazole rings is 1. The predicted octanol–water partition coefficient (Wildman–Crippen LogP) is 3.87. The maximum absolute atomic E-state index is 13.7. The van der Waals surface area contributed by atoms with E-state index in [-0.39, 0.29) is 23.2 Å². The highest BCUT2D eigenvalue weighted by Gasteiger charge is 2.40. The van der Waals surface area contributed by atoms with Crippen LogP contribution in [0.15, 0.2) is 28.9 Å². The molecule has 0 spiro atoms. The lowest BCUT2D eigenvalue weighted by Gasteiger charge is -2.34. The van der Waals surface area contributed by atoms with E-state index < -0.39 is 16.8 Å². The summed E-state index contributed by atoms with van der Waals surface area (Å²) in [6, 6.07) is 3.25. The van der Waals surface area contributed by atoms with Gasteiger partial charge in [-0.2, -0.15) is 23.3 Å². The maximum Gasteiger partial charge on any atom is 0.420 e. The van der Waals surface area contributed by atoms with Gasteiger partial charge in [-0.3, -0.25) is 0 Å². The number of hydrogen-bond donors (Lipinski definition) is 1. The van der Waals surface area contributed by atoms with E-state index in [9.17, 15) is 13.2 Å². The van der Waals surface area contributed by atoms with Crippen molar-refractivity contribution >= 4 is 28.7 Å². The molecular formula is C18H17ClF3N5O. The number of rotatable bonds is 2. The third-order valence-corrected chi connectivity index (χ3v) is 5.78. The Morgan fingerprint density at radius 3 is 2.86 bits per heavy atom. The average Bonchev–Trinajstić information content (AvgIpc) is 3.21. The van der Waals surface area contributed by atoms with Gasteiger partial charge in [0.25, 0.3) is 6.01 Å². The van der Waals surface area contributed by atoms with Crippen LogP contribution >= 0.6 is 11.6 Å². The number of halogens is 4. The van der Waals surface area contributed by atoms with Crippen molar-refractivity contribution in [1.29, 1.82) is 0 Å². The summed E-state index contributed by atoms with van der Waals surface area (Å²) in [6.45, 7) is 2.36. The largest absolute Gasteiger partial charge is 0.421 e. The van der Waals surface area contributed by atoms with Gasteiger partial charge in [-0.25, -0.2) is 4.68 Å². The van der Waals surface area contributed by atoms with Gasteiger partial charge in [0.15, 0.2) is 5.58 Å². The molecule has 3 saturated heterocycles. The molecule has 5 heterocycles. The molecule has 1 N–H and O–H groups in total. The molecule has 1 aromatic carbocycles. The van der Waals surface area contributed by atoms with Crippen molar-refractivity contribution in [3.8, 4) is 5.69 Å². The van der Waals surface area contributed by atoms with E-state index in [4.69, 9.17) is 16.0 Å². The number of anilines is 1. The Balaban J connectivity index is 1.72. The standard InChI is InChI=1S/C18H17ClF3N5O/c19-12-6-13(27-5-1-4-24-27)16-15(14(12)18(20,21)22)25-17(28-16)26-9-10-2-3-11(26)8-23-7-10/h1,4-6,10-11,23H,2-3,7-9H2. The minimum Gasteiger partial charge on any atom is -0.421 e. The van der Waals surface area contributed by atoms with E-state index >= 15 is 0 Å². The molecule has 0 radical (unpaired) electrons. The second kappa shape index (κ2) is 6.38. The molecule has 0 saturated carbocycles. The minimum absolute atomic E-state index is 0.0310. The first kappa shape index (κ1) is 17.8. The molecule has 3 aromatic rings. The molecule has 10 heteroatoms. The molecule has 3 aliphatic rings. The molecule has 2 bridgehead atoms. The number of nitrogens with zero attached hydrogens (tertiary/aromatic N) is 4. The molecular weight excluding hydrogens is 395 g/mol. The van der Waals surface area contributed by atoms with Gasteiger partial charge in [-0.15, -0.1) is 0 Å². The Labute approximate surface area is 163 Å². The Morgan fingerprint density at radius 1 is 1.25 bits per heavy atom. The van der Waals surface area contributed by atoms with Crippen molar-refractivity contribution in [2.75, 3.05) is 24.5 Å². The third-order valence-electron chi connectivity index (χ3n) is 5.48. The van der Waals surface area contributed by atoms with Crippen molar-refractivity contribution in [1.82, 2.24) is 20.1 Å². The van der Waals surface area contributed by atoms with Gasteiger partial charge < -0.3 is 14.6 Å². The van der Waals surface area contributed by atoms with Gasteiger partial charge >= 0.3 is 6.18 Å². The lowest BCUT2D eigenvalue weighted by atomic mass is 9.95. The molecule has 2 aromatic heterocycles. The number of piperidine rings is 1. The summed E-state index contributed by atoms with van der Waals surface area (Å²) < 4.78 is 48.5. The van der Waals surface area contributed by atoms with Crippen LogP contribution < -0.4 is 10.2 Å². The molecule has 2 unspecified atom stereocenters. The molecule has 148 valence electrons. The number of aromatic nitrogens is 3. The van der Waals surface area contributed by atoms with E-state index in [2.05, 4.69) is 15.4 Å². The van der Waals surface area contributed by atoms with E-state index in [0.717, 1.165) is 25.9 Å². The van der Waals surface area contributed by atoms with Gasteiger partial charge in [-0.05, 0) is 37.4 Å². The molecule has 6 nitrogen and oxygen atoms in total. The van der Waals surface area contributed by atoms with Crippen LogP contribution in [0.4, 0.5) is 19.2 Å². The van der Waals surface area contributed by atoms with Crippen LogP contribution in [0.5, 0.6) is 0 Å². The smallest absolute Gasteiger partial charge is 0.420 e. The number of alkyl halides is 3. The summed E-state index contributed by atoms with van der Waals surface area (Å²) >= 11 is 6.03. The predicted molar refractivity (Wildman–Crippen MR) is 97.9 cm³/mol. The van der Waals surface area contributed by atoms with E-state index in [0.29, 0.717) is 18.2 Å². The zero-order valence-electron chi connectivity index (χ0n) is 14.7. The maximum atomic E-state index is 13.7. The zero-order chi connectivity index (χ0) is 19.5. The van der Waals surface area contributed by atoms with Crippen molar-refractivity contribution in [3.05, 3.63) is 35.1 Å². The highest BCUT2D eigenvalue weighted by molar-refractivity contribution is 6.32. The van der Waals surface area contributed by atoms with Crippen molar-refractivity contribution < 1.29 is 17.6 Å². The first-order valence-corrected chi connectivity index (χ1v) is 9.47. The summed E-state index contributed by atoms with van der Waals surface area (Å²) in [5.74, 6) is 0.421. The Bertz CT molecular complexity index is 1010. The normalized spacial score (nSPS) is 22.8. The van der Waals surface area contributed by atoms with Crippen LogP contribution in [0.3, 0.4) is 0 Å². The molecule has 3 aliphatic heterocycles. The molecule has 2 atom stereocenters. The first-order chi connectivity index (χ1) is 13.4. The van der Waals surface area contributed by atoms with Crippen LogP contribution in [0, 0.1) is 5.92 Å². The summed E-state index contributed by atoms with van der Waals surface area (Å²) in [4.78, 5) is 6.26. The Morgan fingerprint density at radius 2 is 2.11 bits per heavy atom. The first-order valence-electron chi connectivity index (χ1n) is 9.09. The second-order valence-corrected chi connectivity index (χ2v) is 7.69. The molecule has 0 amide bonds. The number of nitrogens with one attached hydrogen (secondary N) is 1. The molecule has 0 aliphatic carbocycles. The topological polar surface area (TPSA) is 59.1 Å². The average molecular weight is 412 g/mol. The second-order valence-electron chi connectivity index (χ2n) is 7.28. The number of benzene rings is 1. The van der Waals surface area contributed by atoms with E-state index in [1.165, 1.54) is 16.9 Å². The third kappa shape index (κ3) is 2.84. The van der Waals surface area contributed by atoms with Gasteiger partial charge in [0.1, 0.15) is 16.8 Å². The Hall–Kier alpha value is -2.26. The van der Waals surface area contributed by atoms with Crippen LogP contribution in [-0.2, 0) is 6.18 Å². The Kier molecular flexibility index (Phi) is 4.06. The lowest BCUT2D eigenvalue weighted by molar-refractivity contribution is -0.136.